The normalized spacial score (nSPS) is 13.7. The number of aliphatic hydroxyl groups excluding tert-OH is 2. The van der Waals surface area contributed by atoms with Gasteiger partial charge < -0.3 is 25.0 Å². The van der Waals surface area contributed by atoms with E-state index in [-0.39, 0.29) is 13.0 Å². The van der Waals surface area contributed by atoms with E-state index in [4.69, 9.17) is 9.47 Å². The molecule has 0 heterocycles. The highest BCUT2D eigenvalue weighted by molar-refractivity contribution is 5.68. The van der Waals surface area contributed by atoms with Gasteiger partial charge in [-0.15, -0.1) is 0 Å². The molecule has 0 radical (unpaired) electrons. The van der Waals surface area contributed by atoms with Gasteiger partial charge in [-0.1, -0.05) is 12.7 Å². The zero-order valence-electron chi connectivity index (χ0n) is 14.8. The second-order valence-electron chi connectivity index (χ2n) is 6.60. The zero-order valence-corrected chi connectivity index (χ0v) is 14.8. The Morgan fingerprint density at radius 1 is 1.40 bits per heavy atom. The van der Waals surface area contributed by atoms with E-state index >= 15 is 0 Å². The quantitative estimate of drug-likeness (QED) is 0.622. The number of nitrogens with one attached hydrogen (secondary N) is 1. The van der Waals surface area contributed by atoms with Gasteiger partial charge in [-0.2, -0.15) is 0 Å². The lowest BCUT2D eigenvalue weighted by Gasteiger charge is -2.26. The average Bonchev–Trinajstić information content (AvgIpc) is 2.49. The lowest BCUT2D eigenvalue weighted by Crippen LogP contribution is -2.48. The summed E-state index contributed by atoms with van der Waals surface area (Å²) < 4.78 is 24.2. The number of ether oxygens (including phenoxy) is 2. The van der Waals surface area contributed by atoms with E-state index in [9.17, 15) is 19.4 Å². The van der Waals surface area contributed by atoms with Crippen LogP contribution in [0.3, 0.4) is 0 Å². The smallest absolute Gasteiger partial charge is 0.407 e. The van der Waals surface area contributed by atoms with Crippen molar-refractivity contribution < 1.29 is 28.9 Å². The van der Waals surface area contributed by atoms with Crippen LogP contribution >= 0.6 is 0 Å². The molecule has 0 saturated heterocycles. The number of aliphatic hydroxyl groups is 2. The van der Waals surface area contributed by atoms with Crippen molar-refractivity contribution in [3.63, 3.8) is 0 Å². The SMILES string of the molecule is C=CCOc1cc(F)cc(CC(NC(=O)OC(C)(C)C)C(O)CO)c1. The van der Waals surface area contributed by atoms with Gasteiger partial charge >= 0.3 is 6.09 Å². The molecule has 0 aromatic heterocycles. The van der Waals surface area contributed by atoms with E-state index in [1.165, 1.54) is 18.2 Å². The molecular formula is C18H26FNO5. The highest BCUT2D eigenvalue weighted by Crippen LogP contribution is 2.19. The van der Waals surface area contributed by atoms with Crippen LogP contribution in [0, 0.1) is 5.82 Å². The van der Waals surface area contributed by atoms with E-state index < -0.39 is 36.3 Å². The summed E-state index contributed by atoms with van der Waals surface area (Å²) in [6.45, 7) is 8.31. The molecule has 0 aliphatic heterocycles. The summed E-state index contributed by atoms with van der Waals surface area (Å²) in [7, 11) is 0. The molecule has 2 atom stereocenters. The maximum absolute atomic E-state index is 13.7. The van der Waals surface area contributed by atoms with E-state index in [2.05, 4.69) is 11.9 Å². The first kappa shape index (κ1) is 20.9. The number of halogens is 1. The summed E-state index contributed by atoms with van der Waals surface area (Å²) in [4.78, 5) is 11.9. The molecule has 25 heavy (non-hydrogen) atoms. The van der Waals surface area contributed by atoms with Gasteiger partial charge in [0.05, 0.1) is 18.8 Å². The van der Waals surface area contributed by atoms with Crippen LogP contribution in [0.25, 0.3) is 0 Å². The molecule has 2 unspecified atom stereocenters. The van der Waals surface area contributed by atoms with E-state index in [0.717, 1.165) is 0 Å². The zero-order chi connectivity index (χ0) is 19.0. The first-order valence-corrected chi connectivity index (χ1v) is 7.96. The molecule has 0 bridgehead atoms. The predicted molar refractivity (Wildman–Crippen MR) is 92.0 cm³/mol. The molecule has 0 spiro atoms. The minimum absolute atomic E-state index is 0.0865. The number of alkyl carbamates (subject to hydrolysis) is 1. The first-order chi connectivity index (χ1) is 11.6. The standard InChI is InChI=1S/C18H26FNO5/c1-5-6-24-14-8-12(7-13(19)10-14)9-15(16(22)11-21)20-17(23)25-18(2,3)4/h5,7-8,10,15-16,21-22H,1,6,9,11H2,2-4H3,(H,20,23). The van der Waals surface area contributed by atoms with Crippen LogP contribution < -0.4 is 10.1 Å². The lowest BCUT2D eigenvalue weighted by molar-refractivity contribution is 0.0320. The molecule has 0 aliphatic carbocycles. The molecular weight excluding hydrogens is 329 g/mol. The van der Waals surface area contributed by atoms with Crippen LogP contribution in [0.2, 0.25) is 0 Å². The number of carbonyl (C=O) groups excluding carboxylic acids is 1. The number of rotatable bonds is 8. The van der Waals surface area contributed by atoms with E-state index in [0.29, 0.717) is 11.3 Å². The third kappa shape index (κ3) is 8.00. The Labute approximate surface area is 147 Å². The first-order valence-electron chi connectivity index (χ1n) is 7.96. The Morgan fingerprint density at radius 3 is 2.64 bits per heavy atom. The fraction of sp³-hybridized carbons (Fsp3) is 0.500. The monoisotopic (exact) mass is 355 g/mol. The van der Waals surface area contributed by atoms with Gasteiger partial charge in [0.15, 0.2) is 0 Å². The van der Waals surface area contributed by atoms with Crippen molar-refractivity contribution in [2.24, 2.45) is 0 Å². The molecule has 7 heteroatoms. The van der Waals surface area contributed by atoms with Gasteiger partial charge in [0.1, 0.15) is 23.8 Å². The van der Waals surface area contributed by atoms with Gasteiger partial charge in [-0.25, -0.2) is 9.18 Å². The number of hydrogen-bond donors (Lipinski definition) is 3. The summed E-state index contributed by atoms with van der Waals surface area (Å²) in [5, 5.41) is 21.7. The maximum Gasteiger partial charge on any atom is 0.407 e. The third-order valence-electron chi connectivity index (χ3n) is 3.11. The molecule has 3 N–H and O–H groups in total. The molecule has 1 amide bonds. The molecule has 1 aromatic carbocycles. The van der Waals surface area contributed by atoms with Gasteiger partial charge in [0.25, 0.3) is 0 Å². The fourth-order valence-electron chi connectivity index (χ4n) is 2.10. The minimum atomic E-state index is -1.23. The van der Waals surface area contributed by atoms with E-state index in [1.807, 2.05) is 0 Å². The number of amides is 1. The summed E-state index contributed by atoms with van der Waals surface area (Å²) in [5.41, 5.74) is -0.212. The Bertz CT molecular complexity index is 585. The summed E-state index contributed by atoms with van der Waals surface area (Å²) in [5.74, 6) is -0.199. The maximum atomic E-state index is 13.7. The van der Waals surface area contributed by atoms with Crippen LogP contribution in [-0.4, -0.2) is 47.3 Å². The Morgan fingerprint density at radius 2 is 2.08 bits per heavy atom. The number of benzene rings is 1. The van der Waals surface area contributed by atoms with Crippen molar-refractivity contribution in [2.45, 2.75) is 44.9 Å². The topological polar surface area (TPSA) is 88.0 Å². The average molecular weight is 355 g/mol. The van der Waals surface area contributed by atoms with Crippen molar-refractivity contribution >= 4 is 6.09 Å². The van der Waals surface area contributed by atoms with Crippen LogP contribution in [-0.2, 0) is 11.2 Å². The van der Waals surface area contributed by atoms with Gasteiger partial charge in [-0.05, 0) is 44.9 Å². The Kier molecular flexibility index (Phi) is 7.86. The molecule has 1 aromatic rings. The largest absolute Gasteiger partial charge is 0.489 e. The van der Waals surface area contributed by atoms with Crippen molar-refractivity contribution in [2.75, 3.05) is 13.2 Å². The molecule has 0 fully saturated rings. The highest BCUT2D eigenvalue weighted by Gasteiger charge is 2.25. The number of hydrogen-bond acceptors (Lipinski definition) is 5. The summed E-state index contributed by atoms with van der Waals surface area (Å²) >= 11 is 0. The van der Waals surface area contributed by atoms with Crippen LogP contribution in [0.4, 0.5) is 9.18 Å². The second kappa shape index (κ2) is 9.39. The molecule has 0 saturated carbocycles. The van der Waals surface area contributed by atoms with Crippen LogP contribution in [0.1, 0.15) is 26.3 Å². The van der Waals surface area contributed by atoms with Crippen molar-refractivity contribution in [3.8, 4) is 5.75 Å². The highest BCUT2D eigenvalue weighted by atomic mass is 19.1. The molecule has 140 valence electrons. The molecule has 6 nitrogen and oxygen atoms in total. The Hall–Kier alpha value is -2.12. The summed E-state index contributed by atoms with van der Waals surface area (Å²) in [6.07, 6.45) is -0.339. The fourth-order valence-corrected chi connectivity index (χ4v) is 2.10. The molecule has 0 aliphatic rings. The van der Waals surface area contributed by atoms with Crippen molar-refractivity contribution in [1.82, 2.24) is 5.32 Å². The Balaban J connectivity index is 2.89. The van der Waals surface area contributed by atoms with Gasteiger partial charge in [-0.3, -0.25) is 0 Å². The molecule has 1 rings (SSSR count). The van der Waals surface area contributed by atoms with Crippen molar-refractivity contribution in [1.29, 1.82) is 0 Å². The minimum Gasteiger partial charge on any atom is -0.489 e. The second-order valence-corrected chi connectivity index (χ2v) is 6.60. The predicted octanol–water partition coefficient (Wildman–Crippen LogP) is 2.18. The van der Waals surface area contributed by atoms with E-state index in [1.54, 1.807) is 26.8 Å². The summed E-state index contributed by atoms with van der Waals surface area (Å²) in [6, 6.07) is 3.25. The van der Waals surface area contributed by atoms with Crippen LogP contribution in [0.15, 0.2) is 30.9 Å². The van der Waals surface area contributed by atoms with Gasteiger partial charge in [0, 0.05) is 6.07 Å². The van der Waals surface area contributed by atoms with Crippen LogP contribution in [0.5, 0.6) is 5.75 Å². The number of carbonyl (C=O) groups is 1. The lowest BCUT2D eigenvalue weighted by atomic mass is 10.0. The van der Waals surface area contributed by atoms with Crippen molar-refractivity contribution in [3.05, 3.63) is 42.2 Å². The van der Waals surface area contributed by atoms with Gasteiger partial charge in [0.2, 0.25) is 0 Å². The third-order valence-corrected chi connectivity index (χ3v) is 3.11.